The SMILES string of the molecule is CS(=O)(=O)NCCNc1nc(Cn2nc(-c3ccc(Cl)cc3)n(CC(O)C(F)(F)F)c2=O)nn1-c1ccccc1Cl. The number of sulfonamides is 1. The van der Waals surface area contributed by atoms with E-state index in [1.165, 1.54) is 28.9 Å². The molecule has 3 N–H and O–H groups in total. The quantitative estimate of drug-likeness (QED) is 0.213. The van der Waals surface area contributed by atoms with E-state index in [-0.39, 0.29) is 42.8 Å². The van der Waals surface area contributed by atoms with Gasteiger partial charge in [-0.15, -0.1) is 10.2 Å². The van der Waals surface area contributed by atoms with Gasteiger partial charge in [-0.3, -0.25) is 4.57 Å². The fourth-order valence-electron chi connectivity index (χ4n) is 3.67. The predicted molar refractivity (Wildman–Crippen MR) is 146 cm³/mol. The third kappa shape index (κ3) is 7.65. The van der Waals surface area contributed by atoms with Crippen molar-refractivity contribution in [1.82, 2.24) is 33.8 Å². The van der Waals surface area contributed by atoms with Crippen LogP contribution in [-0.4, -0.2) is 74.3 Å². The molecule has 4 aromatic rings. The van der Waals surface area contributed by atoms with Crippen LogP contribution in [0.25, 0.3) is 17.1 Å². The number of nitrogens with one attached hydrogen (secondary N) is 2. The zero-order valence-corrected chi connectivity index (χ0v) is 23.5. The second kappa shape index (κ2) is 12.2. The van der Waals surface area contributed by atoms with Crippen molar-refractivity contribution >= 4 is 39.2 Å². The Labute approximate surface area is 241 Å². The number of hydrogen-bond donors (Lipinski definition) is 3. The molecule has 2 aromatic carbocycles. The molecule has 0 fully saturated rings. The summed E-state index contributed by atoms with van der Waals surface area (Å²) in [6, 6.07) is 12.6. The van der Waals surface area contributed by atoms with Crippen molar-refractivity contribution in [3.8, 4) is 17.1 Å². The van der Waals surface area contributed by atoms with E-state index in [1.807, 2.05) is 0 Å². The number of aromatic nitrogens is 6. The minimum absolute atomic E-state index is 0.0272. The summed E-state index contributed by atoms with van der Waals surface area (Å²) in [5.74, 6) is 0.0567. The summed E-state index contributed by atoms with van der Waals surface area (Å²) in [6.45, 7) is -1.32. The van der Waals surface area contributed by atoms with Crippen LogP contribution in [0.2, 0.25) is 10.0 Å². The van der Waals surface area contributed by atoms with Crippen molar-refractivity contribution in [3.05, 3.63) is 74.9 Å². The second-order valence-electron chi connectivity index (χ2n) is 8.75. The number of para-hydroxylation sites is 1. The van der Waals surface area contributed by atoms with Crippen molar-refractivity contribution in [3.63, 3.8) is 0 Å². The van der Waals surface area contributed by atoms with Gasteiger partial charge in [0.25, 0.3) is 0 Å². The van der Waals surface area contributed by atoms with Crippen LogP contribution in [0.4, 0.5) is 19.1 Å². The molecule has 0 spiro atoms. The lowest BCUT2D eigenvalue weighted by Crippen LogP contribution is -2.37. The van der Waals surface area contributed by atoms with Crippen LogP contribution in [0.1, 0.15) is 5.82 Å². The van der Waals surface area contributed by atoms with E-state index in [2.05, 4.69) is 25.2 Å². The third-order valence-corrected chi connectivity index (χ3v) is 6.85. The maximum absolute atomic E-state index is 13.2. The first-order valence-electron chi connectivity index (χ1n) is 11.8. The summed E-state index contributed by atoms with van der Waals surface area (Å²) in [5.41, 5.74) is -0.242. The average Bonchev–Trinajstić information content (AvgIpc) is 3.42. The molecule has 0 amide bonds. The molecule has 41 heavy (non-hydrogen) atoms. The minimum Gasteiger partial charge on any atom is -0.382 e. The summed E-state index contributed by atoms with van der Waals surface area (Å²) in [7, 11) is -3.43. The molecule has 12 nitrogen and oxygen atoms in total. The maximum Gasteiger partial charge on any atom is 0.416 e. The topological polar surface area (TPSA) is 149 Å². The number of nitrogens with zero attached hydrogens (tertiary/aromatic N) is 6. The highest BCUT2D eigenvalue weighted by molar-refractivity contribution is 7.88. The maximum atomic E-state index is 13.2. The highest BCUT2D eigenvalue weighted by atomic mass is 35.5. The van der Waals surface area contributed by atoms with E-state index < -0.39 is 34.5 Å². The van der Waals surface area contributed by atoms with E-state index in [4.69, 9.17) is 23.2 Å². The van der Waals surface area contributed by atoms with E-state index in [9.17, 15) is 31.5 Å². The van der Waals surface area contributed by atoms with Gasteiger partial charge in [0.15, 0.2) is 17.8 Å². The molecule has 2 aromatic heterocycles. The zero-order chi connectivity index (χ0) is 29.9. The Morgan fingerprint density at radius 2 is 1.73 bits per heavy atom. The van der Waals surface area contributed by atoms with Crippen molar-refractivity contribution in [2.45, 2.75) is 25.4 Å². The average molecular weight is 635 g/mol. The Bertz CT molecular complexity index is 1690. The fraction of sp³-hybridized carbons (Fsp3) is 0.304. The largest absolute Gasteiger partial charge is 0.416 e. The number of alkyl halides is 3. The number of halogens is 5. The number of aliphatic hydroxyl groups excluding tert-OH is 1. The monoisotopic (exact) mass is 634 g/mol. The van der Waals surface area contributed by atoms with Crippen LogP contribution in [0.5, 0.6) is 0 Å². The van der Waals surface area contributed by atoms with Crippen LogP contribution in [0.15, 0.2) is 53.3 Å². The molecule has 2 heterocycles. The molecule has 0 aliphatic heterocycles. The van der Waals surface area contributed by atoms with Crippen molar-refractivity contribution in [2.75, 3.05) is 24.7 Å². The molecule has 1 atom stereocenters. The number of hydrogen-bond acceptors (Lipinski definition) is 8. The summed E-state index contributed by atoms with van der Waals surface area (Å²) in [6.07, 6.45) is -6.78. The minimum atomic E-state index is -4.97. The number of benzene rings is 2. The molecule has 1 unspecified atom stereocenters. The van der Waals surface area contributed by atoms with Crippen LogP contribution in [0, 0.1) is 0 Å². The molecule has 18 heteroatoms. The first-order chi connectivity index (χ1) is 19.2. The number of rotatable bonds is 11. The molecule has 0 radical (unpaired) electrons. The Morgan fingerprint density at radius 3 is 2.37 bits per heavy atom. The van der Waals surface area contributed by atoms with Gasteiger partial charge in [-0.1, -0.05) is 35.3 Å². The lowest BCUT2D eigenvalue weighted by Gasteiger charge is -2.15. The molecule has 220 valence electrons. The molecule has 0 bridgehead atoms. The fourth-order valence-corrected chi connectivity index (χ4v) is 4.48. The van der Waals surface area contributed by atoms with Crippen LogP contribution in [0.3, 0.4) is 0 Å². The Hall–Kier alpha value is -3.44. The summed E-state index contributed by atoms with van der Waals surface area (Å²) in [4.78, 5) is 17.6. The van der Waals surface area contributed by atoms with E-state index in [0.29, 0.717) is 20.3 Å². The van der Waals surface area contributed by atoms with Gasteiger partial charge in [-0.25, -0.2) is 22.6 Å². The summed E-state index contributed by atoms with van der Waals surface area (Å²) >= 11 is 12.3. The van der Waals surface area contributed by atoms with E-state index in [1.54, 1.807) is 24.3 Å². The van der Waals surface area contributed by atoms with Crippen LogP contribution in [-0.2, 0) is 23.1 Å². The van der Waals surface area contributed by atoms with Gasteiger partial charge in [-0.2, -0.15) is 22.8 Å². The highest BCUT2D eigenvalue weighted by Gasteiger charge is 2.39. The molecular weight excluding hydrogens is 612 g/mol. The highest BCUT2D eigenvalue weighted by Crippen LogP contribution is 2.25. The van der Waals surface area contributed by atoms with Gasteiger partial charge in [0.05, 0.1) is 23.5 Å². The van der Waals surface area contributed by atoms with Gasteiger partial charge in [0.1, 0.15) is 6.54 Å². The Balaban J connectivity index is 1.71. The Kier molecular flexibility index (Phi) is 9.08. The third-order valence-electron chi connectivity index (χ3n) is 5.55. The smallest absolute Gasteiger partial charge is 0.382 e. The van der Waals surface area contributed by atoms with E-state index in [0.717, 1.165) is 10.9 Å². The van der Waals surface area contributed by atoms with Crippen molar-refractivity contribution in [2.24, 2.45) is 0 Å². The predicted octanol–water partition coefficient (Wildman–Crippen LogP) is 2.53. The molecule has 0 aliphatic carbocycles. The lowest BCUT2D eigenvalue weighted by atomic mass is 10.2. The number of aliphatic hydroxyl groups is 1. The second-order valence-corrected chi connectivity index (χ2v) is 11.4. The van der Waals surface area contributed by atoms with Crippen LogP contribution < -0.4 is 15.7 Å². The van der Waals surface area contributed by atoms with Crippen molar-refractivity contribution < 1.29 is 26.7 Å². The summed E-state index contributed by atoms with van der Waals surface area (Å²) in [5, 5.41) is 21.9. The number of anilines is 1. The first kappa shape index (κ1) is 30.5. The standard InChI is InChI=1S/C23H23Cl2F3N8O4S/c1-41(39,40)30-11-10-29-21-31-19(32-36(21)17-5-3-2-4-16(17)25)13-35-22(38)34(12-18(37)23(26,27)28)20(33-35)14-6-8-15(24)9-7-14/h2-9,18,30,37H,10-13H2,1H3,(H,29,31,32). The Morgan fingerprint density at radius 1 is 1.05 bits per heavy atom. The van der Waals surface area contributed by atoms with Gasteiger partial charge >= 0.3 is 11.9 Å². The molecule has 0 saturated carbocycles. The zero-order valence-electron chi connectivity index (χ0n) is 21.2. The van der Waals surface area contributed by atoms with Gasteiger partial charge in [0.2, 0.25) is 16.0 Å². The van der Waals surface area contributed by atoms with Gasteiger partial charge in [0, 0.05) is 23.7 Å². The molecule has 0 saturated heterocycles. The van der Waals surface area contributed by atoms with Crippen LogP contribution >= 0.6 is 23.2 Å². The summed E-state index contributed by atoms with van der Waals surface area (Å²) < 4.78 is 67.4. The first-order valence-corrected chi connectivity index (χ1v) is 14.5. The molecule has 0 aliphatic rings. The molecular formula is C23H23Cl2F3N8O4S. The molecule has 4 rings (SSSR count). The van der Waals surface area contributed by atoms with Crippen molar-refractivity contribution in [1.29, 1.82) is 0 Å². The lowest BCUT2D eigenvalue weighted by molar-refractivity contribution is -0.207. The van der Waals surface area contributed by atoms with Gasteiger partial charge in [-0.05, 0) is 36.4 Å². The van der Waals surface area contributed by atoms with E-state index >= 15 is 0 Å². The normalized spacial score (nSPS) is 13.0. The van der Waals surface area contributed by atoms with Gasteiger partial charge < -0.3 is 10.4 Å².